The van der Waals surface area contributed by atoms with Crippen molar-refractivity contribution in [2.45, 2.75) is 26.7 Å². The van der Waals surface area contributed by atoms with Gasteiger partial charge in [0.25, 0.3) is 0 Å². The number of carbonyl (C=O) groups excluding carboxylic acids is 4. The van der Waals surface area contributed by atoms with Crippen molar-refractivity contribution in [2.75, 3.05) is 28.4 Å². The number of rotatable bonds is 10. The quantitative estimate of drug-likeness (QED) is 0.138. The van der Waals surface area contributed by atoms with Crippen LogP contribution >= 0.6 is 0 Å². The first-order valence-corrected chi connectivity index (χ1v) is 14.6. The number of benzene rings is 2. The fourth-order valence-electron chi connectivity index (χ4n) is 4.64. The molecular weight excluding hydrogens is 588 g/mol. The van der Waals surface area contributed by atoms with Crippen LogP contribution in [0.25, 0.3) is 34.7 Å². The van der Waals surface area contributed by atoms with Gasteiger partial charge in [0.1, 0.15) is 11.4 Å². The van der Waals surface area contributed by atoms with Crippen LogP contribution in [0.1, 0.15) is 79.5 Å². The average molecular weight is 627 g/mol. The number of ether oxygens (including phenoxy) is 4. The van der Waals surface area contributed by atoms with Gasteiger partial charge >= 0.3 is 23.9 Å². The monoisotopic (exact) mass is 626 g/mol. The smallest absolute Gasteiger partial charge is 0.355 e. The Morgan fingerprint density at radius 1 is 0.543 bits per heavy atom. The van der Waals surface area contributed by atoms with Crippen LogP contribution in [0.3, 0.4) is 0 Å². The molecule has 0 saturated heterocycles. The summed E-state index contributed by atoms with van der Waals surface area (Å²) in [6.45, 7) is 3.98. The van der Waals surface area contributed by atoms with Gasteiger partial charge in [-0.15, -0.1) is 0 Å². The van der Waals surface area contributed by atoms with E-state index in [1.54, 1.807) is 0 Å². The zero-order chi connectivity index (χ0) is 33.6. The fraction of sp³-hybridized carbons (Fsp3) is 0.222. The number of aromatic nitrogens is 2. The van der Waals surface area contributed by atoms with Crippen LogP contribution in [0.15, 0.2) is 72.8 Å². The normalized spacial score (nSPS) is 10.7. The number of carbonyl (C=O) groups is 4. The number of aromatic amines is 2. The molecule has 0 atom stereocenters. The van der Waals surface area contributed by atoms with Crippen molar-refractivity contribution < 1.29 is 38.1 Å². The van der Waals surface area contributed by atoms with E-state index in [1.165, 1.54) is 28.4 Å². The van der Waals surface area contributed by atoms with E-state index in [-0.39, 0.29) is 22.5 Å². The third-order valence-electron chi connectivity index (χ3n) is 6.80. The van der Waals surface area contributed by atoms with Crippen molar-refractivity contribution in [3.05, 3.63) is 106 Å². The molecule has 0 aliphatic carbocycles. The van der Waals surface area contributed by atoms with E-state index in [2.05, 4.69) is 9.97 Å². The molecule has 2 aromatic heterocycles. The van der Waals surface area contributed by atoms with Crippen LogP contribution in [0.2, 0.25) is 0 Å². The lowest BCUT2D eigenvalue weighted by molar-refractivity contribution is 0.0552. The molecule has 0 radical (unpaired) electrons. The van der Waals surface area contributed by atoms with E-state index < -0.39 is 23.9 Å². The van der Waals surface area contributed by atoms with Gasteiger partial charge in [-0.2, -0.15) is 0 Å². The van der Waals surface area contributed by atoms with Crippen molar-refractivity contribution >= 4 is 36.0 Å². The number of methoxy groups -OCH3 is 4. The summed E-state index contributed by atoms with van der Waals surface area (Å²) >= 11 is 0. The molecule has 0 saturated carbocycles. The van der Waals surface area contributed by atoms with E-state index in [0.29, 0.717) is 22.5 Å². The molecule has 0 aliphatic rings. The summed E-state index contributed by atoms with van der Waals surface area (Å²) in [6, 6.07) is 19.0. The van der Waals surface area contributed by atoms with Gasteiger partial charge in [0, 0.05) is 11.1 Å². The van der Waals surface area contributed by atoms with Gasteiger partial charge in [-0.3, -0.25) is 0 Å². The second kappa shape index (κ2) is 17.0. The van der Waals surface area contributed by atoms with E-state index in [4.69, 9.17) is 18.9 Å². The van der Waals surface area contributed by atoms with Crippen LogP contribution in [0.5, 0.6) is 0 Å². The summed E-state index contributed by atoms with van der Waals surface area (Å²) < 4.78 is 19.2. The molecule has 0 spiro atoms. The molecule has 4 rings (SSSR count). The maximum Gasteiger partial charge on any atom is 0.355 e. The Morgan fingerprint density at radius 2 is 0.870 bits per heavy atom. The van der Waals surface area contributed by atoms with Crippen LogP contribution in [0.4, 0.5) is 0 Å². The summed E-state index contributed by atoms with van der Waals surface area (Å²) in [5.41, 5.74) is 4.86. The van der Waals surface area contributed by atoms with Crippen molar-refractivity contribution in [1.29, 1.82) is 0 Å². The number of hydrogen-bond acceptors (Lipinski definition) is 8. The summed E-state index contributed by atoms with van der Waals surface area (Å²) in [5.74, 6) is -2.39. The molecule has 0 aliphatic heterocycles. The molecular formula is C36H38N2O8. The zero-order valence-corrected chi connectivity index (χ0v) is 26.8. The molecule has 2 N–H and O–H groups in total. The van der Waals surface area contributed by atoms with Gasteiger partial charge in [-0.1, -0.05) is 98.8 Å². The molecule has 240 valence electrons. The fourth-order valence-corrected chi connectivity index (χ4v) is 4.64. The Balaban J connectivity index is 0.000000250. The van der Waals surface area contributed by atoms with E-state index in [0.717, 1.165) is 24.0 Å². The highest BCUT2D eigenvalue weighted by atomic mass is 16.5. The van der Waals surface area contributed by atoms with Crippen molar-refractivity contribution in [3.8, 4) is 22.5 Å². The standard InChI is InChI=1S/2C18H19NO4/c2*1-4-5-11-13-14(17(20)22-2)16(18(21)23-3)19-15(13)12-9-7-6-8-10-12/h2*5-11,19H,4H2,1-3H3/b2*11-5+. The predicted octanol–water partition coefficient (Wildman–Crippen LogP) is 7.36. The van der Waals surface area contributed by atoms with Crippen LogP contribution < -0.4 is 0 Å². The van der Waals surface area contributed by atoms with E-state index in [1.807, 2.05) is 98.8 Å². The molecule has 0 bridgehead atoms. The summed E-state index contributed by atoms with van der Waals surface area (Å²) in [6.07, 6.45) is 9.07. The third kappa shape index (κ3) is 7.89. The Hall–Kier alpha value is -5.64. The van der Waals surface area contributed by atoms with Crippen LogP contribution in [-0.2, 0) is 18.9 Å². The molecule has 2 heterocycles. The molecule has 4 aromatic rings. The lowest BCUT2D eigenvalue weighted by Gasteiger charge is -2.03. The number of hydrogen-bond donors (Lipinski definition) is 2. The van der Waals surface area contributed by atoms with Gasteiger partial charge in [0.2, 0.25) is 0 Å². The van der Waals surface area contributed by atoms with Crippen molar-refractivity contribution in [1.82, 2.24) is 9.97 Å². The summed E-state index contributed by atoms with van der Waals surface area (Å²) in [5, 5.41) is 0. The number of allylic oxidation sites excluding steroid dienone is 2. The summed E-state index contributed by atoms with van der Waals surface area (Å²) in [7, 11) is 5.11. The predicted molar refractivity (Wildman–Crippen MR) is 176 cm³/mol. The van der Waals surface area contributed by atoms with Gasteiger partial charge in [-0.05, 0) is 24.0 Å². The highest BCUT2D eigenvalue weighted by molar-refractivity contribution is 6.08. The van der Waals surface area contributed by atoms with Gasteiger partial charge < -0.3 is 28.9 Å². The van der Waals surface area contributed by atoms with Crippen molar-refractivity contribution in [2.24, 2.45) is 0 Å². The Morgan fingerprint density at radius 3 is 1.15 bits per heavy atom. The average Bonchev–Trinajstić information content (AvgIpc) is 3.68. The highest BCUT2D eigenvalue weighted by Gasteiger charge is 2.29. The largest absolute Gasteiger partial charge is 0.465 e. The minimum absolute atomic E-state index is 0.0916. The highest BCUT2D eigenvalue weighted by Crippen LogP contribution is 2.32. The number of esters is 4. The first kappa shape index (κ1) is 34.8. The molecule has 10 heteroatoms. The first-order valence-electron chi connectivity index (χ1n) is 14.6. The Labute approximate surface area is 268 Å². The van der Waals surface area contributed by atoms with Gasteiger partial charge in [-0.25, -0.2) is 19.2 Å². The summed E-state index contributed by atoms with van der Waals surface area (Å²) in [4.78, 5) is 54.5. The molecule has 0 amide bonds. The molecule has 0 unspecified atom stereocenters. The SMILES string of the molecule is CC/C=C/c1c(-c2ccccc2)[nH]c(C(=O)OC)c1C(=O)OC.CC/C=C/c1c(-c2ccccc2)[nH]c(C(=O)OC)c1C(=O)OC. The second-order valence-electron chi connectivity index (χ2n) is 9.65. The van der Waals surface area contributed by atoms with Crippen molar-refractivity contribution in [3.63, 3.8) is 0 Å². The second-order valence-corrected chi connectivity index (χ2v) is 9.65. The van der Waals surface area contributed by atoms with Gasteiger partial charge in [0.05, 0.1) is 51.0 Å². The molecule has 10 nitrogen and oxygen atoms in total. The van der Waals surface area contributed by atoms with Gasteiger partial charge in [0.15, 0.2) is 0 Å². The zero-order valence-electron chi connectivity index (χ0n) is 26.8. The topological polar surface area (TPSA) is 137 Å². The number of H-pyrrole nitrogens is 2. The first-order chi connectivity index (χ1) is 22.3. The molecule has 2 aromatic carbocycles. The van der Waals surface area contributed by atoms with Crippen LogP contribution in [-0.4, -0.2) is 62.3 Å². The minimum atomic E-state index is -0.612. The Kier molecular flexibility index (Phi) is 12.9. The minimum Gasteiger partial charge on any atom is -0.465 e. The Bertz CT molecular complexity index is 1590. The lowest BCUT2D eigenvalue weighted by atomic mass is 10.0. The van der Waals surface area contributed by atoms with E-state index in [9.17, 15) is 19.2 Å². The maximum atomic E-state index is 12.2. The number of nitrogens with one attached hydrogen (secondary N) is 2. The van der Waals surface area contributed by atoms with Crippen LogP contribution in [0, 0.1) is 0 Å². The molecule has 46 heavy (non-hydrogen) atoms. The lowest BCUT2D eigenvalue weighted by Crippen LogP contribution is -2.11. The molecule has 0 fully saturated rings. The van der Waals surface area contributed by atoms with E-state index >= 15 is 0 Å². The maximum absolute atomic E-state index is 12.2. The third-order valence-corrected chi connectivity index (χ3v) is 6.80.